The SMILES string of the molecule is CC1CC=CCCCCCCCCCC(O)C1. The molecule has 0 heterocycles. The molecular formula is C16H30O. The van der Waals surface area contributed by atoms with E-state index in [4.69, 9.17) is 0 Å². The number of hydrogen-bond acceptors (Lipinski definition) is 1. The molecule has 0 aromatic rings. The van der Waals surface area contributed by atoms with Gasteiger partial charge < -0.3 is 5.11 Å². The minimum atomic E-state index is -0.0662. The summed E-state index contributed by atoms with van der Waals surface area (Å²) in [6.07, 6.45) is 18.4. The summed E-state index contributed by atoms with van der Waals surface area (Å²) in [6.45, 7) is 2.26. The normalized spacial score (nSPS) is 30.5. The molecule has 1 heteroatoms. The number of allylic oxidation sites excluding steroid dienone is 2. The zero-order valence-electron chi connectivity index (χ0n) is 11.5. The molecule has 1 aliphatic carbocycles. The summed E-state index contributed by atoms with van der Waals surface area (Å²) < 4.78 is 0. The topological polar surface area (TPSA) is 20.2 Å². The number of aliphatic hydroxyl groups excluding tert-OH is 1. The summed E-state index contributed by atoms with van der Waals surface area (Å²) in [6, 6.07) is 0. The molecule has 0 amide bonds. The first-order valence-electron chi connectivity index (χ1n) is 7.62. The van der Waals surface area contributed by atoms with Crippen molar-refractivity contribution in [3.63, 3.8) is 0 Å². The van der Waals surface area contributed by atoms with Crippen LogP contribution in [0.5, 0.6) is 0 Å². The second kappa shape index (κ2) is 9.70. The second-order valence-corrected chi connectivity index (χ2v) is 5.75. The Morgan fingerprint density at radius 1 is 0.882 bits per heavy atom. The van der Waals surface area contributed by atoms with Crippen molar-refractivity contribution in [1.29, 1.82) is 0 Å². The zero-order valence-corrected chi connectivity index (χ0v) is 11.5. The molecule has 0 radical (unpaired) electrons. The maximum atomic E-state index is 9.92. The molecule has 1 rings (SSSR count). The van der Waals surface area contributed by atoms with Gasteiger partial charge in [-0.2, -0.15) is 0 Å². The van der Waals surface area contributed by atoms with E-state index in [0.29, 0.717) is 5.92 Å². The molecule has 2 atom stereocenters. The van der Waals surface area contributed by atoms with E-state index in [-0.39, 0.29) is 6.10 Å². The van der Waals surface area contributed by atoms with Crippen molar-refractivity contribution in [2.75, 3.05) is 0 Å². The standard InChI is InChI=1S/C16H30O/c1-15-12-10-8-6-4-2-3-5-7-9-11-13-16(17)14-15/h8,10,15-17H,2-7,9,11-14H2,1H3. The molecule has 1 nitrogen and oxygen atoms in total. The summed E-state index contributed by atoms with van der Waals surface area (Å²) in [5, 5.41) is 9.92. The van der Waals surface area contributed by atoms with Crippen molar-refractivity contribution in [2.24, 2.45) is 5.92 Å². The average molecular weight is 238 g/mol. The summed E-state index contributed by atoms with van der Waals surface area (Å²) in [7, 11) is 0. The van der Waals surface area contributed by atoms with Crippen molar-refractivity contribution in [2.45, 2.75) is 83.7 Å². The fourth-order valence-corrected chi connectivity index (χ4v) is 2.65. The minimum absolute atomic E-state index is 0.0662. The van der Waals surface area contributed by atoms with Gasteiger partial charge in [0.15, 0.2) is 0 Å². The van der Waals surface area contributed by atoms with Gasteiger partial charge in [-0.1, -0.05) is 57.6 Å². The highest BCUT2D eigenvalue weighted by Gasteiger charge is 2.09. The van der Waals surface area contributed by atoms with E-state index in [1.54, 1.807) is 0 Å². The fraction of sp³-hybridized carbons (Fsp3) is 0.875. The van der Waals surface area contributed by atoms with E-state index < -0.39 is 0 Å². The zero-order chi connectivity index (χ0) is 12.3. The van der Waals surface area contributed by atoms with E-state index in [9.17, 15) is 5.11 Å². The predicted octanol–water partition coefficient (Wildman–Crippen LogP) is 4.84. The quantitative estimate of drug-likeness (QED) is 0.598. The number of aliphatic hydroxyl groups is 1. The number of rotatable bonds is 0. The van der Waals surface area contributed by atoms with Gasteiger partial charge in [0, 0.05) is 0 Å². The molecule has 0 fully saturated rings. The first kappa shape index (κ1) is 14.8. The summed E-state index contributed by atoms with van der Waals surface area (Å²) in [5.74, 6) is 0.631. The Morgan fingerprint density at radius 2 is 1.53 bits per heavy atom. The van der Waals surface area contributed by atoms with Crippen LogP contribution in [0.25, 0.3) is 0 Å². The van der Waals surface area contributed by atoms with Crippen LogP contribution in [0.1, 0.15) is 77.6 Å². The van der Waals surface area contributed by atoms with Crippen LogP contribution < -0.4 is 0 Å². The molecule has 0 saturated carbocycles. The Labute approximate surface area is 107 Å². The molecule has 1 aliphatic rings. The van der Waals surface area contributed by atoms with E-state index in [1.165, 1.54) is 51.4 Å². The maximum Gasteiger partial charge on any atom is 0.0542 e. The van der Waals surface area contributed by atoms with Crippen LogP contribution in [-0.4, -0.2) is 11.2 Å². The van der Waals surface area contributed by atoms with E-state index in [2.05, 4.69) is 19.1 Å². The molecule has 1 N–H and O–H groups in total. The van der Waals surface area contributed by atoms with Gasteiger partial charge in [0.05, 0.1) is 6.10 Å². The maximum absolute atomic E-state index is 9.92. The van der Waals surface area contributed by atoms with Crippen LogP contribution in [0.3, 0.4) is 0 Å². The third-order valence-corrected chi connectivity index (χ3v) is 3.79. The van der Waals surface area contributed by atoms with Crippen molar-refractivity contribution in [1.82, 2.24) is 0 Å². The van der Waals surface area contributed by atoms with Gasteiger partial charge in [0.1, 0.15) is 0 Å². The monoisotopic (exact) mass is 238 g/mol. The van der Waals surface area contributed by atoms with Crippen LogP contribution >= 0.6 is 0 Å². The van der Waals surface area contributed by atoms with Crippen molar-refractivity contribution < 1.29 is 5.11 Å². The van der Waals surface area contributed by atoms with Gasteiger partial charge in [0.2, 0.25) is 0 Å². The average Bonchev–Trinajstić information content (AvgIpc) is 2.30. The largest absolute Gasteiger partial charge is 0.393 e. The highest BCUT2D eigenvalue weighted by molar-refractivity contribution is 4.83. The smallest absolute Gasteiger partial charge is 0.0542 e. The lowest BCUT2D eigenvalue weighted by Gasteiger charge is -2.14. The van der Waals surface area contributed by atoms with Gasteiger partial charge in [-0.25, -0.2) is 0 Å². The van der Waals surface area contributed by atoms with Crippen molar-refractivity contribution in [3.8, 4) is 0 Å². The molecule has 0 aromatic heterocycles. The predicted molar refractivity (Wildman–Crippen MR) is 75.1 cm³/mol. The molecular weight excluding hydrogens is 208 g/mol. The Hall–Kier alpha value is -0.300. The van der Waals surface area contributed by atoms with Crippen LogP contribution in [-0.2, 0) is 0 Å². The molecule has 100 valence electrons. The summed E-state index contributed by atoms with van der Waals surface area (Å²) in [4.78, 5) is 0. The van der Waals surface area contributed by atoms with Crippen LogP contribution in [0.2, 0.25) is 0 Å². The van der Waals surface area contributed by atoms with E-state index >= 15 is 0 Å². The Bertz CT molecular complexity index is 198. The third kappa shape index (κ3) is 8.43. The van der Waals surface area contributed by atoms with Crippen molar-refractivity contribution >= 4 is 0 Å². The fourth-order valence-electron chi connectivity index (χ4n) is 2.65. The highest BCUT2D eigenvalue weighted by atomic mass is 16.3. The molecule has 0 spiro atoms. The van der Waals surface area contributed by atoms with Gasteiger partial charge in [-0.05, 0) is 38.0 Å². The van der Waals surface area contributed by atoms with Gasteiger partial charge in [0.25, 0.3) is 0 Å². The molecule has 0 saturated heterocycles. The van der Waals surface area contributed by atoms with Crippen molar-refractivity contribution in [3.05, 3.63) is 12.2 Å². The first-order valence-corrected chi connectivity index (χ1v) is 7.62. The van der Waals surface area contributed by atoms with E-state index in [0.717, 1.165) is 19.3 Å². The van der Waals surface area contributed by atoms with Crippen LogP contribution in [0, 0.1) is 5.92 Å². The Balaban J connectivity index is 2.28. The second-order valence-electron chi connectivity index (χ2n) is 5.75. The Morgan fingerprint density at radius 3 is 2.29 bits per heavy atom. The summed E-state index contributed by atoms with van der Waals surface area (Å²) in [5.41, 5.74) is 0. The van der Waals surface area contributed by atoms with E-state index in [1.807, 2.05) is 0 Å². The Kier molecular flexibility index (Phi) is 8.42. The molecule has 17 heavy (non-hydrogen) atoms. The van der Waals surface area contributed by atoms with Crippen LogP contribution in [0.4, 0.5) is 0 Å². The summed E-state index contributed by atoms with van der Waals surface area (Å²) >= 11 is 0. The lowest BCUT2D eigenvalue weighted by Crippen LogP contribution is -2.11. The van der Waals surface area contributed by atoms with Gasteiger partial charge in [-0.3, -0.25) is 0 Å². The number of hydrogen-bond donors (Lipinski definition) is 1. The van der Waals surface area contributed by atoms with Gasteiger partial charge in [-0.15, -0.1) is 0 Å². The third-order valence-electron chi connectivity index (χ3n) is 3.79. The highest BCUT2D eigenvalue weighted by Crippen LogP contribution is 2.17. The molecule has 2 unspecified atom stereocenters. The van der Waals surface area contributed by atoms with Gasteiger partial charge >= 0.3 is 0 Å². The van der Waals surface area contributed by atoms with Crippen LogP contribution in [0.15, 0.2) is 12.2 Å². The molecule has 0 bridgehead atoms. The first-order chi connectivity index (χ1) is 8.29. The lowest BCUT2D eigenvalue weighted by atomic mass is 9.96. The lowest BCUT2D eigenvalue weighted by molar-refractivity contribution is 0.133. The minimum Gasteiger partial charge on any atom is -0.393 e. The molecule has 0 aliphatic heterocycles. The molecule has 0 aromatic carbocycles.